The van der Waals surface area contributed by atoms with Crippen molar-refractivity contribution >= 4 is 96.9 Å². The molecule has 0 bridgehead atoms. The molecule has 5 heteroatoms. The normalized spacial score (nSPS) is 12.3. The average Bonchev–Trinajstić information content (AvgIpc) is 3.79. The molecule has 0 saturated heterocycles. The molecule has 0 aliphatic carbocycles. The molecular formula is C42H23N3OS. The van der Waals surface area contributed by atoms with Crippen LogP contribution in [-0.4, -0.2) is 14.5 Å². The second-order valence-corrected chi connectivity index (χ2v) is 13.2. The number of furan rings is 1. The number of benzene rings is 7. The summed E-state index contributed by atoms with van der Waals surface area (Å²) in [7, 11) is 0. The summed E-state index contributed by atoms with van der Waals surface area (Å²) in [6, 6.07) is 49.4. The maximum atomic E-state index is 6.34. The SMILES string of the molecule is c1ccc2cc3c(cc2c1)c1c2ccccc2ccc1n3-c1nc(-c2cccc3oc4ccccc4c23)c2sc3ccccc3c2n1. The van der Waals surface area contributed by atoms with Crippen molar-refractivity contribution in [1.29, 1.82) is 0 Å². The van der Waals surface area contributed by atoms with Gasteiger partial charge in [-0.15, -0.1) is 11.3 Å². The number of fused-ring (bicyclic) bond motifs is 12. The lowest BCUT2D eigenvalue weighted by Crippen LogP contribution is -2.03. The third kappa shape index (κ3) is 3.46. The molecule has 0 amide bonds. The van der Waals surface area contributed by atoms with E-state index >= 15 is 0 Å². The van der Waals surface area contributed by atoms with E-state index in [4.69, 9.17) is 14.4 Å². The van der Waals surface area contributed by atoms with Crippen LogP contribution in [0.2, 0.25) is 0 Å². The Morgan fingerprint density at radius 3 is 2.13 bits per heavy atom. The molecule has 7 aromatic carbocycles. The van der Waals surface area contributed by atoms with Crippen molar-refractivity contribution in [2.45, 2.75) is 0 Å². The number of thiophene rings is 1. The highest BCUT2D eigenvalue weighted by molar-refractivity contribution is 7.26. The Labute approximate surface area is 271 Å². The Kier molecular flexibility index (Phi) is 4.96. The fraction of sp³-hybridized carbons (Fsp3) is 0. The molecule has 0 radical (unpaired) electrons. The van der Waals surface area contributed by atoms with E-state index in [-0.39, 0.29) is 0 Å². The third-order valence-corrected chi connectivity index (χ3v) is 10.8. The monoisotopic (exact) mass is 617 g/mol. The molecule has 11 aromatic rings. The van der Waals surface area contributed by atoms with Crippen LogP contribution in [0.1, 0.15) is 0 Å². The zero-order valence-electron chi connectivity index (χ0n) is 24.9. The standard InChI is InChI=1S/C42H23N3OS/c1-2-12-26-23-33-31(22-25(26)11-1)37-27-13-4-3-10-24(27)20-21-32(37)45(33)42-43-39-29-15-6-8-19-36(29)47-41(39)40(44-42)30-16-9-18-35-38(30)28-14-5-7-17-34(28)46-35/h1-23H. The van der Waals surface area contributed by atoms with Gasteiger partial charge in [0.25, 0.3) is 0 Å². The van der Waals surface area contributed by atoms with Crippen LogP contribution in [0.5, 0.6) is 0 Å². The van der Waals surface area contributed by atoms with Gasteiger partial charge in [-0.1, -0.05) is 103 Å². The van der Waals surface area contributed by atoms with E-state index < -0.39 is 0 Å². The molecular weight excluding hydrogens is 595 g/mol. The van der Waals surface area contributed by atoms with Crippen LogP contribution < -0.4 is 0 Å². The molecule has 0 aliphatic heterocycles. The highest BCUT2D eigenvalue weighted by Crippen LogP contribution is 2.44. The van der Waals surface area contributed by atoms with Crippen LogP contribution in [0.15, 0.2) is 144 Å². The highest BCUT2D eigenvalue weighted by atomic mass is 32.1. The molecule has 0 fully saturated rings. The molecule has 218 valence electrons. The minimum absolute atomic E-state index is 0.659. The molecule has 11 rings (SSSR count). The zero-order valence-corrected chi connectivity index (χ0v) is 25.8. The number of nitrogens with zero attached hydrogens (tertiary/aromatic N) is 3. The van der Waals surface area contributed by atoms with Crippen molar-refractivity contribution in [2.75, 3.05) is 0 Å². The molecule has 0 unspecified atom stereocenters. The van der Waals surface area contributed by atoms with Crippen molar-refractivity contribution in [3.05, 3.63) is 140 Å². The van der Waals surface area contributed by atoms with Crippen LogP contribution in [0.25, 0.3) is 103 Å². The molecule has 0 N–H and O–H groups in total. The van der Waals surface area contributed by atoms with Gasteiger partial charge in [-0.3, -0.25) is 4.57 Å². The Hall–Kier alpha value is -6.04. The van der Waals surface area contributed by atoms with Crippen LogP contribution in [0, 0.1) is 0 Å². The number of hydrogen-bond acceptors (Lipinski definition) is 4. The largest absolute Gasteiger partial charge is 0.456 e. The smallest absolute Gasteiger partial charge is 0.235 e. The van der Waals surface area contributed by atoms with E-state index in [1.807, 2.05) is 18.2 Å². The van der Waals surface area contributed by atoms with E-state index in [2.05, 4.69) is 126 Å². The average molecular weight is 618 g/mol. The molecule has 4 heterocycles. The summed E-state index contributed by atoms with van der Waals surface area (Å²) in [5.74, 6) is 0.659. The van der Waals surface area contributed by atoms with E-state index in [1.54, 1.807) is 11.3 Å². The number of rotatable bonds is 2. The van der Waals surface area contributed by atoms with Crippen LogP contribution in [-0.2, 0) is 0 Å². The number of hydrogen-bond donors (Lipinski definition) is 0. The Balaban J connectivity index is 1.34. The third-order valence-electron chi connectivity index (χ3n) is 9.59. The first-order valence-electron chi connectivity index (χ1n) is 15.8. The van der Waals surface area contributed by atoms with Gasteiger partial charge in [-0.05, 0) is 57.9 Å². The van der Waals surface area contributed by atoms with Crippen molar-refractivity contribution < 1.29 is 4.42 Å². The predicted molar refractivity (Wildman–Crippen MR) is 197 cm³/mol. The minimum Gasteiger partial charge on any atom is -0.456 e. The van der Waals surface area contributed by atoms with Gasteiger partial charge in [0.15, 0.2) is 0 Å². The summed E-state index contributed by atoms with van der Waals surface area (Å²) in [6.45, 7) is 0. The minimum atomic E-state index is 0.659. The lowest BCUT2D eigenvalue weighted by Gasteiger charge is -2.11. The summed E-state index contributed by atoms with van der Waals surface area (Å²) in [5, 5.41) is 10.5. The van der Waals surface area contributed by atoms with Gasteiger partial charge >= 0.3 is 0 Å². The maximum Gasteiger partial charge on any atom is 0.235 e. The second-order valence-electron chi connectivity index (χ2n) is 12.2. The van der Waals surface area contributed by atoms with Crippen LogP contribution in [0.4, 0.5) is 0 Å². The maximum absolute atomic E-state index is 6.34. The summed E-state index contributed by atoms with van der Waals surface area (Å²) in [4.78, 5) is 10.9. The van der Waals surface area contributed by atoms with Crippen molar-refractivity contribution in [3.63, 3.8) is 0 Å². The summed E-state index contributed by atoms with van der Waals surface area (Å²) in [5.41, 5.74) is 6.83. The molecule has 0 saturated carbocycles. The fourth-order valence-corrected chi connectivity index (χ4v) is 8.67. The summed E-state index contributed by atoms with van der Waals surface area (Å²) >= 11 is 1.75. The molecule has 4 nitrogen and oxygen atoms in total. The lowest BCUT2D eigenvalue weighted by molar-refractivity contribution is 0.669. The van der Waals surface area contributed by atoms with Crippen LogP contribution >= 0.6 is 11.3 Å². The van der Waals surface area contributed by atoms with E-state index in [9.17, 15) is 0 Å². The Morgan fingerprint density at radius 1 is 0.511 bits per heavy atom. The van der Waals surface area contributed by atoms with Crippen LogP contribution in [0.3, 0.4) is 0 Å². The van der Waals surface area contributed by atoms with E-state index in [1.165, 1.54) is 37.0 Å². The van der Waals surface area contributed by atoms with Gasteiger partial charge in [0.05, 0.1) is 26.9 Å². The summed E-state index contributed by atoms with van der Waals surface area (Å²) in [6.07, 6.45) is 0. The second kappa shape index (κ2) is 9.25. The summed E-state index contributed by atoms with van der Waals surface area (Å²) < 4.78 is 10.9. The molecule has 0 aliphatic rings. The molecule has 47 heavy (non-hydrogen) atoms. The molecule has 4 aromatic heterocycles. The first kappa shape index (κ1) is 25.2. The quantitative estimate of drug-likeness (QED) is 0.194. The van der Waals surface area contributed by atoms with Gasteiger partial charge in [0.2, 0.25) is 5.95 Å². The van der Waals surface area contributed by atoms with Gasteiger partial charge in [-0.2, -0.15) is 0 Å². The number of aromatic nitrogens is 3. The molecule has 0 atom stereocenters. The molecule has 0 spiro atoms. The predicted octanol–water partition coefficient (Wildman–Crippen LogP) is 11.8. The first-order chi connectivity index (χ1) is 23.3. The first-order valence-corrected chi connectivity index (χ1v) is 16.6. The number of para-hydroxylation sites is 1. The van der Waals surface area contributed by atoms with Crippen molar-refractivity contribution in [3.8, 4) is 17.2 Å². The highest BCUT2D eigenvalue weighted by Gasteiger charge is 2.23. The van der Waals surface area contributed by atoms with Gasteiger partial charge in [0.1, 0.15) is 11.2 Å². The lowest BCUT2D eigenvalue weighted by atomic mass is 10.0. The van der Waals surface area contributed by atoms with Crippen molar-refractivity contribution in [1.82, 2.24) is 14.5 Å². The topological polar surface area (TPSA) is 43.9 Å². The fourth-order valence-electron chi connectivity index (χ4n) is 7.52. The van der Waals surface area contributed by atoms with Gasteiger partial charge < -0.3 is 4.42 Å². The van der Waals surface area contributed by atoms with E-state index in [0.29, 0.717) is 5.95 Å². The zero-order chi connectivity index (χ0) is 30.6. The Bertz CT molecular complexity index is 3090. The van der Waals surface area contributed by atoms with Gasteiger partial charge in [-0.25, -0.2) is 9.97 Å². The van der Waals surface area contributed by atoms with E-state index in [0.717, 1.165) is 59.8 Å². The van der Waals surface area contributed by atoms with Crippen molar-refractivity contribution in [2.24, 2.45) is 0 Å². The Morgan fingerprint density at radius 2 is 1.23 bits per heavy atom. The van der Waals surface area contributed by atoms with Gasteiger partial charge in [0, 0.05) is 37.2 Å².